The van der Waals surface area contributed by atoms with Crippen molar-refractivity contribution in [1.82, 2.24) is 0 Å². The largest absolute Gasteiger partial charge is 0.307 e. The maximum Gasteiger partial charge on any atom is 0.106 e. The third kappa shape index (κ3) is 4.97. The molecule has 0 spiro atoms. The molecule has 0 heterocycles. The Kier molecular flexibility index (Phi) is 7.58. The average molecular weight is 306 g/mol. The van der Waals surface area contributed by atoms with Crippen LogP contribution in [0.4, 0.5) is 11.4 Å². The van der Waals surface area contributed by atoms with Gasteiger partial charge in [-0.05, 0) is 30.5 Å². The smallest absolute Gasteiger partial charge is 0.106 e. The second-order valence-electron chi connectivity index (χ2n) is 4.54. The molecule has 0 saturated carbocycles. The van der Waals surface area contributed by atoms with E-state index in [4.69, 9.17) is 9.59 Å². The highest BCUT2D eigenvalue weighted by molar-refractivity contribution is 5.92. The lowest BCUT2D eigenvalue weighted by Crippen LogP contribution is -1.76. The molecular weight excluding hydrogens is 288 g/mol. The van der Waals surface area contributed by atoms with Crippen molar-refractivity contribution < 1.29 is 9.59 Å². The van der Waals surface area contributed by atoms with E-state index in [-0.39, 0.29) is 0 Å². The van der Waals surface area contributed by atoms with Crippen molar-refractivity contribution in [3.63, 3.8) is 0 Å². The Morgan fingerprint density at radius 2 is 1.43 bits per heavy atom. The Morgan fingerprint density at radius 3 is 2.13 bits per heavy atom. The van der Waals surface area contributed by atoms with E-state index in [0.717, 1.165) is 16.8 Å². The van der Waals surface area contributed by atoms with E-state index in [1.165, 1.54) is 10.9 Å². The molecule has 0 aliphatic carbocycles. The molecule has 3 aromatic rings. The van der Waals surface area contributed by atoms with Gasteiger partial charge < -0.3 is 9.59 Å². The molecule has 4 heteroatoms. The van der Waals surface area contributed by atoms with Crippen LogP contribution in [0, 0.1) is 6.92 Å². The predicted molar refractivity (Wildman–Crippen MR) is 93.5 cm³/mol. The van der Waals surface area contributed by atoms with Crippen LogP contribution in [0.5, 0.6) is 0 Å². The Balaban J connectivity index is 0.000000615. The van der Waals surface area contributed by atoms with Crippen LogP contribution < -0.4 is 0 Å². The van der Waals surface area contributed by atoms with Gasteiger partial charge in [-0.3, -0.25) is 0 Å². The van der Waals surface area contributed by atoms with Crippen LogP contribution >= 0.6 is 0 Å². The van der Waals surface area contributed by atoms with E-state index in [1.54, 1.807) is 0 Å². The normalized spacial score (nSPS) is 9.61. The van der Waals surface area contributed by atoms with Crippen LogP contribution in [-0.2, 0) is 9.59 Å². The SMILES string of the molecule is C=O.C=O.Cc1ccc2c(N=Nc3ccccc3)cccc2c1. The zero-order valence-corrected chi connectivity index (χ0v) is 13.0. The summed E-state index contributed by atoms with van der Waals surface area (Å²) in [4.78, 5) is 16.0. The molecule has 23 heavy (non-hydrogen) atoms. The van der Waals surface area contributed by atoms with Gasteiger partial charge in [-0.1, -0.05) is 54.1 Å². The molecule has 0 amide bonds. The number of carbonyl (C=O) groups is 2. The molecule has 0 radical (unpaired) electrons. The average Bonchev–Trinajstić information content (AvgIpc) is 2.64. The van der Waals surface area contributed by atoms with Crippen LogP contribution in [0.2, 0.25) is 0 Å². The zero-order valence-electron chi connectivity index (χ0n) is 13.0. The van der Waals surface area contributed by atoms with Gasteiger partial charge in [0.2, 0.25) is 0 Å². The predicted octanol–water partition coefficient (Wildman–Crippen LogP) is 5.19. The highest BCUT2D eigenvalue weighted by Crippen LogP contribution is 2.28. The summed E-state index contributed by atoms with van der Waals surface area (Å²) in [5, 5.41) is 11.0. The van der Waals surface area contributed by atoms with Gasteiger partial charge in [0.25, 0.3) is 0 Å². The van der Waals surface area contributed by atoms with Gasteiger partial charge in [0.1, 0.15) is 13.6 Å². The summed E-state index contributed by atoms with van der Waals surface area (Å²) >= 11 is 0. The Bertz CT molecular complexity index is 769. The fourth-order valence-corrected chi connectivity index (χ4v) is 2.08. The van der Waals surface area contributed by atoms with E-state index in [0.29, 0.717) is 0 Å². The maximum atomic E-state index is 8.00. The molecule has 0 N–H and O–H groups in total. The number of rotatable bonds is 2. The number of nitrogens with zero attached hydrogens (tertiary/aromatic N) is 2. The molecule has 3 rings (SSSR count). The number of hydrogen-bond acceptors (Lipinski definition) is 4. The highest BCUT2D eigenvalue weighted by atomic mass is 16.1. The number of aryl methyl sites for hydroxylation is 1. The summed E-state index contributed by atoms with van der Waals surface area (Å²) in [5.41, 5.74) is 3.03. The second kappa shape index (κ2) is 9.73. The first kappa shape index (κ1) is 17.9. The van der Waals surface area contributed by atoms with Gasteiger partial charge in [-0.15, -0.1) is 5.11 Å². The van der Waals surface area contributed by atoms with Crippen molar-refractivity contribution in [3.05, 3.63) is 72.3 Å². The van der Waals surface area contributed by atoms with E-state index < -0.39 is 0 Å². The summed E-state index contributed by atoms with van der Waals surface area (Å²) in [5.74, 6) is 0. The molecule has 0 aliphatic heterocycles. The summed E-state index contributed by atoms with van der Waals surface area (Å²) in [6.45, 7) is 6.09. The molecule has 4 nitrogen and oxygen atoms in total. The molecule has 0 fully saturated rings. The van der Waals surface area contributed by atoms with Gasteiger partial charge in [0, 0.05) is 5.39 Å². The highest BCUT2D eigenvalue weighted by Gasteiger charge is 1.99. The molecular formula is C19H18N2O2. The van der Waals surface area contributed by atoms with Crippen molar-refractivity contribution in [2.24, 2.45) is 10.2 Å². The van der Waals surface area contributed by atoms with Crippen LogP contribution in [0.25, 0.3) is 10.8 Å². The van der Waals surface area contributed by atoms with Gasteiger partial charge in [0.05, 0.1) is 11.4 Å². The number of carbonyl (C=O) groups excluding carboxylic acids is 2. The minimum absolute atomic E-state index is 0.867. The van der Waals surface area contributed by atoms with E-state index in [9.17, 15) is 0 Å². The third-order valence-corrected chi connectivity index (χ3v) is 3.04. The fraction of sp³-hybridized carbons (Fsp3) is 0.0526. The lowest BCUT2D eigenvalue weighted by atomic mass is 10.1. The topological polar surface area (TPSA) is 58.9 Å². The van der Waals surface area contributed by atoms with Gasteiger partial charge in [-0.25, -0.2) is 0 Å². The van der Waals surface area contributed by atoms with Crippen LogP contribution in [0.3, 0.4) is 0 Å². The van der Waals surface area contributed by atoms with Crippen LogP contribution in [-0.4, -0.2) is 13.6 Å². The number of benzene rings is 3. The van der Waals surface area contributed by atoms with E-state index in [1.807, 2.05) is 56.0 Å². The summed E-state index contributed by atoms with van der Waals surface area (Å²) in [7, 11) is 0. The molecule has 0 aromatic heterocycles. The van der Waals surface area contributed by atoms with Crippen molar-refractivity contribution in [2.75, 3.05) is 0 Å². The van der Waals surface area contributed by atoms with Crippen LogP contribution in [0.1, 0.15) is 5.56 Å². The minimum atomic E-state index is 0.867. The maximum absolute atomic E-state index is 8.00. The standard InChI is InChI=1S/C17H14N2.2CH2O/c1-13-10-11-16-14(12-13)6-5-9-17(16)19-18-15-7-3-2-4-8-15;2*1-2/h2-12H,1H3;2*1H2. The lowest BCUT2D eigenvalue weighted by Gasteiger charge is -2.02. The first-order valence-electron chi connectivity index (χ1n) is 6.87. The molecule has 3 aromatic carbocycles. The molecule has 0 saturated heterocycles. The van der Waals surface area contributed by atoms with E-state index >= 15 is 0 Å². The quantitative estimate of drug-likeness (QED) is 0.611. The Morgan fingerprint density at radius 1 is 0.739 bits per heavy atom. The van der Waals surface area contributed by atoms with Crippen molar-refractivity contribution in [3.8, 4) is 0 Å². The first-order valence-corrected chi connectivity index (χ1v) is 6.87. The molecule has 0 bridgehead atoms. The number of azo groups is 1. The van der Waals surface area contributed by atoms with Gasteiger partial charge >= 0.3 is 0 Å². The molecule has 0 unspecified atom stereocenters. The van der Waals surface area contributed by atoms with Crippen molar-refractivity contribution >= 4 is 35.7 Å². The second-order valence-corrected chi connectivity index (χ2v) is 4.54. The fourth-order valence-electron chi connectivity index (χ4n) is 2.08. The number of hydrogen-bond donors (Lipinski definition) is 0. The third-order valence-electron chi connectivity index (χ3n) is 3.04. The lowest BCUT2D eigenvalue weighted by molar-refractivity contribution is -0.0987. The van der Waals surface area contributed by atoms with Gasteiger partial charge in [-0.2, -0.15) is 5.11 Å². The Hall–Kier alpha value is -3.14. The first-order chi connectivity index (χ1) is 11.3. The van der Waals surface area contributed by atoms with Crippen molar-refractivity contribution in [2.45, 2.75) is 6.92 Å². The summed E-state index contributed by atoms with van der Waals surface area (Å²) in [6.07, 6.45) is 0. The Labute approximate surface area is 135 Å². The molecule has 0 aliphatic rings. The van der Waals surface area contributed by atoms with Gasteiger partial charge in [0.15, 0.2) is 0 Å². The molecule has 0 atom stereocenters. The summed E-state index contributed by atoms with van der Waals surface area (Å²) in [6, 6.07) is 22.2. The molecule has 116 valence electrons. The minimum Gasteiger partial charge on any atom is -0.307 e. The number of fused-ring (bicyclic) bond motifs is 1. The summed E-state index contributed by atoms with van der Waals surface area (Å²) < 4.78 is 0. The van der Waals surface area contributed by atoms with E-state index in [2.05, 4.69) is 41.4 Å². The van der Waals surface area contributed by atoms with Crippen molar-refractivity contribution in [1.29, 1.82) is 0 Å². The zero-order chi connectivity index (χ0) is 17.1. The van der Waals surface area contributed by atoms with Crippen LogP contribution in [0.15, 0.2) is 77.0 Å². The monoisotopic (exact) mass is 306 g/mol.